The van der Waals surface area contributed by atoms with Crippen LogP contribution in [-0.4, -0.2) is 54.6 Å². The fourth-order valence-electron chi connectivity index (χ4n) is 1.91. The summed E-state index contributed by atoms with van der Waals surface area (Å²) in [7, 11) is 1.26. The summed E-state index contributed by atoms with van der Waals surface area (Å²) in [6, 6.07) is 0.166. The largest absolute Gasteiger partial charge is 0.465 e. The number of hydrogen-bond donors (Lipinski definition) is 3. The van der Waals surface area contributed by atoms with Gasteiger partial charge in [0.05, 0.1) is 19.8 Å². The van der Waals surface area contributed by atoms with Crippen molar-refractivity contribution in [2.24, 2.45) is 0 Å². The van der Waals surface area contributed by atoms with Gasteiger partial charge in [-0.05, 0) is 6.92 Å². The van der Waals surface area contributed by atoms with Gasteiger partial charge in [0.25, 0.3) is 0 Å². The maximum absolute atomic E-state index is 11.8. The molecule has 2 heterocycles. The molecular formula is C12H19N5O4. The number of ether oxygens (including phenoxy) is 2. The zero-order valence-electron chi connectivity index (χ0n) is 12.0. The number of esters is 2. The number of rotatable bonds is 6. The lowest BCUT2D eigenvalue weighted by Gasteiger charge is -2.28. The van der Waals surface area contributed by atoms with E-state index in [0.29, 0.717) is 5.82 Å². The Morgan fingerprint density at radius 1 is 1.52 bits per heavy atom. The number of anilines is 2. The highest BCUT2D eigenvalue weighted by molar-refractivity contribution is 5.99. The van der Waals surface area contributed by atoms with E-state index < -0.39 is 11.9 Å². The van der Waals surface area contributed by atoms with Crippen LogP contribution in [0.3, 0.4) is 0 Å². The van der Waals surface area contributed by atoms with E-state index in [9.17, 15) is 9.59 Å². The van der Waals surface area contributed by atoms with Crippen LogP contribution in [0.5, 0.6) is 0 Å². The molecule has 9 heteroatoms. The van der Waals surface area contributed by atoms with Crippen LogP contribution >= 0.6 is 0 Å². The maximum atomic E-state index is 11.8. The second kappa shape index (κ2) is 6.44. The van der Waals surface area contributed by atoms with Crippen molar-refractivity contribution in [3.05, 3.63) is 5.56 Å². The third kappa shape index (κ3) is 3.24. The molecule has 1 aromatic heterocycles. The molecule has 21 heavy (non-hydrogen) atoms. The first kappa shape index (κ1) is 15.1. The molecule has 0 bridgehead atoms. The van der Waals surface area contributed by atoms with Gasteiger partial charge in [0.2, 0.25) is 0 Å². The third-order valence-electron chi connectivity index (χ3n) is 3.09. The van der Waals surface area contributed by atoms with Gasteiger partial charge in [-0.3, -0.25) is 4.79 Å². The second-order valence-corrected chi connectivity index (χ2v) is 4.56. The summed E-state index contributed by atoms with van der Waals surface area (Å²) in [6.07, 6.45) is 0. The first-order valence-electron chi connectivity index (χ1n) is 6.64. The van der Waals surface area contributed by atoms with Gasteiger partial charge in [0.1, 0.15) is 17.9 Å². The van der Waals surface area contributed by atoms with Crippen LogP contribution in [0.25, 0.3) is 0 Å². The molecule has 0 amide bonds. The van der Waals surface area contributed by atoms with Crippen molar-refractivity contribution < 1.29 is 19.1 Å². The molecule has 0 radical (unpaired) electrons. The first-order chi connectivity index (χ1) is 10.1. The molecule has 4 N–H and O–H groups in total. The monoisotopic (exact) mass is 297 g/mol. The van der Waals surface area contributed by atoms with Crippen LogP contribution in [0.15, 0.2) is 0 Å². The van der Waals surface area contributed by atoms with Gasteiger partial charge in [-0.1, -0.05) is 0 Å². The molecule has 1 aliphatic heterocycles. The number of hydrogen-bond acceptors (Lipinski definition) is 8. The Kier molecular flexibility index (Phi) is 4.63. The second-order valence-electron chi connectivity index (χ2n) is 4.56. The van der Waals surface area contributed by atoms with Gasteiger partial charge < -0.3 is 25.8 Å². The Balaban J connectivity index is 2.24. The Morgan fingerprint density at radius 2 is 2.24 bits per heavy atom. The summed E-state index contributed by atoms with van der Waals surface area (Å²) >= 11 is 0. The van der Waals surface area contributed by atoms with E-state index in [1.54, 1.807) is 6.92 Å². The molecule has 1 aliphatic rings. The molecule has 0 aromatic carbocycles. The molecule has 116 valence electrons. The van der Waals surface area contributed by atoms with Gasteiger partial charge in [-0.25, -0.2) is 9.48 Å². The lowest BCUT2D eigenvalue weighted by atomic mass is 10.2. The predicted octanol–water partition coefficient (Wildman–Crippen LogP) is -0.801. The van der Waals surface area contributed by atoms with Crippen LogP contribution in [0.2, 0.25) is 0 Å². The number of nitrogens with zero attached hydrogens (tertiary/aromatic N) is 2. The van der Waals surface area contributed by atoms with Crippen molar-refractivity contribution >= 4 is 23.6 Å². The summed E-state index contributed by atoms with van der Waals surface area (Å²) in [5.41, 5.74) is 6.03. The Morgan fingerprint density at radius 3 is 2.76 bits per heavy atom. The van der Waals surface area contributed by atoms with Crippen LogP contribution < -0.4 is 16.4 Å². The van der Waals surface area contributed by atoms with Gasteiger partial charge in [0.15, 0.2) is 5.82 Å². The molecule has 1 fully saturated rings. The van der Waals surface area contributed by atoms with E-state index in [4.69, 9.17) is 15.2 Å². The van der Waals surface area contributed by atoms with Crippen molar-refractivity contribution in [2.45, 2.75) is 19.5 Å². The molecule has 0 aliphatic carbocycles. The number of nitrogens with one attached hydrogen (secondary N) is 2. The van der Waals surface area contributed by atoms with E-state index in [0.717, 1.165) is 13.1 Å². The van der Waals surface area contributed by atoms with Crippen LogP contribution in [0.1, 0.15) is 17.3 Å². The van der Waals surface area contributed by atoms with Gasteiger partial charge >= 0.3 is 11.9 Å². The number of nitrogen functional groups attached to an aromatic ring is 1. The van der Waals surface area contributed by atoms with Gasteiger partial charge in [-0.2, -0.15) is 5.10 Å². The lowest BCUT2D eigenvalue weighted by Crippen LogP contribution is -2.51. The highest BCUT2D eigenvalue weighted by atomic mass is 16.5. The van der Waals surface area contributed by atoms with E-state index in [-0.39, 0.29) is 30.6 Å². The summed E-state index contributed by atoms with van der Waals surface area (Å²) in [6.45, 7) is 3.36. The van der Waals surface area contributed by atoms with Gasteiger partial charge in [0, 0.05) is 13.1 Å². The smallest absolute Gasteiger partial charge is 0.345 e. The lowest BCUT2D eigenvalue weighted by molar-refractivity contribution is -0.144. The normalized spacial score (nSPS) is 14.4. The SMILES string of the molecule is CCOC(=O)Cn1nc(NC2CNC2)c(C(=O)OC)c1N. The van der Waals surface area contributed by atoms with Crippen molar-refractivity contribution in [3.63, 3.8) is 0 Å². The zero-order chi connectivity index (χ0) is 15.4. The number of nitrogens with two attached hydrogens (primary N) is 1. The molecule has 1 aromatic rings. The highest BCUT2D eigenvalue weighted by Crippen LogP contribution is 2.24. The highest BCUT2D eigenvalue weighted by Gasteiger charge is 2.27. The number of carbonyl (C=O) groups is 2. The van der Waals surface area contributed by atoms with Crippen LogP contribution in [0, 0.1) is 0 Å². The minimum absolute atomic E-state index is 0.0738. The van der Waals surface area contributed by atoms with Crippen molar-refractivity contribution in [3.8, 4) is 0 Å². The summed E-state index contributed by atoms with van der Waals surface area (Å²) in [5.74, 6) is -0.683. The Labute approximate surface area is 121 Å². The van der Waals surface area contributed by atoms with Crippen molar-refractivity contribution in [2.75, 3.05) is 37.9 Å². The Hall–Kier alpha value is -2.29. The average molecular weight is 297 g/mol. The van der Waals surface area contributed by atoms with Crippen LogP contribution in [0.4, 0.5) is 11.6 Å². The number of methoxy groups -OCH3 is 1. The number of carbonyl (C=O) groups excluding carboxylic acids is 2. The Bertz CT molecular complexity index is 538. The minimum Gasteiger partial charge on any atom is -0.465 e. The standard InChI is InChI=1S/C12H19N5O4/c1-3-21-8(18)6-17-10(13)9(12(19)20-2)11(16-17)15-7-4-14-5-7/h7,14H,3-6,13H2,1-2H3,(H,15,16). The van der Waals surface area contributed by atoms with Crippen LogP contribution in [-0.2, 0) is 20.8 Å². The molecule has 1 saturated heterocycles. The van der Waals surface area contributed by atoms with E-state index in [1.807, 2.05) is 0 Å². The zero-order valence-corrected chi connectivity index (χ0v) is 12.0. The summed E-state index contributed by atoms with van der Waals surface area (Å²) in [5, 5.41) is 10.4. The molecule has 0 atom stereocenters. The third-order valence-corrected chi connectivity index (χ3v) is 3.09. The molecule has 0 spiro atoms. The summed E-state index contributed by atoms with van der Waals surface area (Å²) in [4.78, 5) is 23.4. The summed E-state index contributed by atoms with van der Waals surface area (Å²) < 4.78 is 10.8. The molecule has 2 rings (SSSR count). The maximum Gasteiger partial charge on any atom is 0.345 e. The average Bonchev–Trinajstić information content (AvgIpc) is 2.70. The fraction of sp³-hybridized carbons (Fsp3) is 0.583. The van der Waals surface area contributed by atoms with Crippen molar-refractivity contribution in [1.29, 1.82) is 0 Å². The minimum atomic E-state index is -0.600. The van der Waals surface area contributed by atoms with Gasteiger partial charge in [-0.15, -0.1) is 0 Å². The number of aromatic nitrogens is 2. The predicted molar refractivity (Wildman–Crippen MR) is 74.9 cm³/mol. The topological polar surface area (TPSA) is 120 Å². The van der Waals surface area contributed by atoms with E-state index >= 15 is 0 Å². The first-order valence-corrected chi connectivity index (χ1v) is 6.64. The molecule has 9 nitrogen and oxygen atoms in total. The fourth-order valence-corrected chi connectivity index (χ4v) is 1.91. The quantitative estimate of drug-likeness (QED) is 0.584. The molecule has 0 unspecified atom stereocenters. The molecular weight excluding hydrogens is 278 g/mol. The van der Waals surface area contributed by atoms with E-state index in [1.165, 1.54) is 11.8 Å². The van der Waals surface area contributed by atoms with E-state index in [2.05, 4.69) is 15.7 Å². The van der Waals surface area contributed by atoms with Crippen molar-refractivity contribution in [1.82, 2.24) is 15.1 Å². The molecule has 0 saturated carbocycles.